The number of carbonyl (C=O) groups excluding carboxylic acids is 1. The van der Waals surface area contributed by atoms with Crippen molar-refractivity contribution in [3.8, 4) is 11.4 Å². The first-order valence-corrected chi connectivity index (χ1v) is 10.6. The summed E-state index contributed by atoms with van der Waals surface area (Å²) in [7, 11) is 4.04. The van der Waals surface area contributed by atoms with Gasteiger partial charge in [-0.15, -0.1) is 10.2 Å². The maximum atomic E-state index is 12.4. The number of carbonyl (C=O) groups is 1. The van der Waals surface area contributed by atoms with E-state index < -0.39 is 4.92 Å². The molecule has 2 aromatic heterocycles. The molecule has 0 radical (unpaired) electrons. The van der Waals surface area contributed by atoms with Crippen LogP contribution in [-0.2, 0) is 11.3 Å². The number of nitro groups is 1. The van der Waals surface area contributed by atoms with Crippen molar-refractivity contribution in [1.29, 1.82) is 0 Å². The summed E-state index contributed by atoms with van der Waals surface area (Å²) >= 11 is 1.27. The largest absolute Gasteiger partial charge is 0.325 e. The van der Waals surface area contributed by atoms with E-state index in [4.69, 9.17) is 0 Å². The van der Waals surface area contributed by atoms with Crippen LogP contribution in [0.4, 0.5) is 11.4 Å². The number of nitrogens with zero attached hydrogens (tertiary/aromatic N) is 6. The molecule has 0 saturated heterocycles. The summed E-state index contributed by atoms with van der Waals surface area (Å²) in [6.45, 7) is 1.61. The molecule has 0 spiro atoms. The number of hydrogen-bond acceptors (Lipinski definition) is 8. The minimum absolute atomic E-state index is 0.0759. The van der Waals surface area contributed by atoms with Gasteiger partial charge in [-0.3, -0.25) is 19.9 Å². The average Bonchev–Trinajstić information content (AvgIpc) is 3.15. The summed E-state index contributed by atoms with van der Waals surface area (Å²) < 4.78 is 2.00. The standard InChI is InChI=1S/C20H23N7O3S/c1-25(2)11-4-12-26-19(15-7-9-21-10-8-15)23-24-20(26)31-14-18(28)22-16-5-3-6-17(13-16)27(29)30/h3,5-10,13H,4,11-12,14H2,1-2H3,(H,22,28). The van der Waals surface area contributed by atoms with E-state index in [0.29, 0.717) is 17.4 Å². The van der Waals surface area contributed by atoms with Crippen LogP contribution in [0.3, 0.4) is 0 Å². The van der Waals surface area contributed by atoms with Crippen molar-refractivity contribution in [2.75, 3.05) is 31.7 Å². The molecule has 1 amide bonds. The van der Waals surface area contributed by atoms with E-state index in [9.17, 15) is 14.9 Å². The van der Waals surface area contributed by atoms with Gasteiger partial charge in [0, 0.05) is 42.3 Å². The number of nitrogens with one attached hydrogen (secondary N) is 1. The molecule has 0 fully saturated rings. The Morgan fingerprint density at radius 1 is 1.23 bits per heavy atom. The molecular weight excluding hydrogens is 418 g/mol. The first kappa shape index (κ1) is 22.4. The van der Waals surface area contributed by atoms with E-state index >= 15 is 0 Å². The van der Waals surface area contributed by atoms with Crippen LogP contribution in [0.5, 0.6) is 0 Å². The molecular formula is C20H23N7O3S. The fourth-order valence-corrected chi connectivity index (χ4v) is 3.65. The van der Waals surface area contributed by atoms with E-state index in [1.165, 1.54) is 30.0 Å². The summed E-state index contributed by atoms with van der Waals surface area (Å²) in [6.07, 6.45) is 4.30. The third kappa shape index (κ3) is 6.33. The summed E-state index contributed by atoms with van der Waals surface area (Å²) in [4.78, 5) is 28.9. The Labute approximate surface area is 183 Å². The van der Waals surface area contributed by atoms with Crippen LogP contribution in [0.1, 0.15) is 6.42 Å². The highest BCUT2D eigenvalue weighted by atomic mass is 32.2. The number of hydrogen-bond donors (Lipinski definition) is 1. The molecule has 3 rings (SSSR count). The third-order valence-electron chi connectivity index (χ3n) is 4.32. The minimum Gasteiger partial charge on any atom is -0.325 e. The Bertz CT molecular complexity index is 1040. The lowest BCUT2D eigenvalue weighted by Crippen LogP contribution is -2.17. The second-order valence-electron chi connectivity index (χ2n) is 6.99. The van der Waals surface area contributed by atoms with Crippen molar-refractivity contribution < 1.29 is 9.72 Å². The molecule has 0 unspecified atom stereocenters. The summed E-state index contributed by atoms with van der Waals surface area (Å²) in [5.41, 5.74) is 1.21. The van der Waals surface area contributed by atoms with Gasteiger partial charge in [-0.2, -0.15) is 0 Å². The molecule has 0 aliphatic heterocycles. The number of thioether (sulfide) groups is 1. The number of benzene rings is 1. The van der Waals surface area contributed by atoms with Gasteiger partial charge in [0.2, 0.25) is 5.91 Å². The smallest absolute Gasteiger partial charge is 0.271 e. The molecule has 0 aliphatic carbocycles. The van der Waals surface area contributed by atoms with Gasteiger partial charge in [0.15, 0.2) is 11.0 Å². The SMILES string of the molecule is CN(C)CCCn1c(SCC(=O)Nc2cccc([N+](=O)[O-])c2)nnc1-c1ccncc1. The van der Waals surface area contributed by atoms with Crippen LogP contribution < -0.4 is 5.32 Å². The maximum absolute atomic E-state index is 12.4. The first-order valence-electron chi connectivity index (χ1n) is 9.59. The lowest BCUT2D eigenvalue weighted by atomic mass is 10.2. The van der Waals surface area contributed by atoms with E-state index in [2.05, 4.69) is 25.4 Å². The summed E-state index contributed by atoms with van der Waals surface area (Å²) in [6, 6.07) is 9.59. The maximum Gasteiger partial charge on any atom is 0.271 e. The molecule has 162 valence electrons. The predicted molar refractivity (Wildman–Crippen MR) is 119 cm³/mol. The number of anilines is 1. The van der Waals surface area contributed by atoms with Crippen molar-refractivity contribution in [3.05, 3.63) is 58.9 Å². The summed E-state index contributed by atoms with van der Waals surface area (Å²) in [5, 5.41) is 22.8. The van der Waals surface area contributed by atoms with Crippen molar-refractivity contribution >= 4 is 29.0 Å². The zero-order chi connectivity index (χ0) is 22.2. The molecule has 1 aromatic carbocycles. The molecule has 31 heavy (non-hydrogen) atoms. The Morgan fingerprint density at radius 3 is 2.71 bits per heavy atom. The van der Waals surface area contributed by atoms with Crippen LogP contribution >= 0.6 is 11.8 Å². The second kappa shape index (κ2) is 10.6. The highest BCUT2D eigenvalue weighted by molar-refractivity contribution is 7.99. The Hall–Kier alpha value is -3.31. The van der Waals surface area contributed by atoms with Crippen LogP contribution in [0.15, 0.2) is 53.9 Å². The number of amides is 1. The highest BCUT2D eigenvalue weighted by Crippen LogP contribution is 2.24. The van der Waals surface area contributed by atoms with Crippen molar-refractivity contribution in [1.82, 2.24) is 24.6 Å². The molecule has 2 heterocycles. The molecule has 0 saturated carbocycles. The molecule has 3 aromatic rings. The predicted octanol–water partition coefficient (Wildman–Crippen LogP) is 2.93. The van der Waals surface area contributed by atoms with Gasteiger partial charge in [0.25, 0.3) is 5.69 Å². The van der Waals surface area contributed by atoms with Crippen molar-refractivity contribution in [2.24, 2.45) is 0 Å². The van der Waals surface area contributed by atoms with E-state index in [1.807, 2.05) is 30.8 Å². The fourth-order valence-electron chi connectivity index (χ4n) is 2.88. The Balaban J connectivity index is 1.70. The van der Waals surface area contributed by atoms with Gasteiger partial charge >= 0.3 is 0 Å². The van der Waals surface area contributed by atoms with Crippen LogP contribution in [-0.4, -0.2) is 61.9 Å². The summed E-state index contributed by atoms with van der Waals surface area (Å²) in [5.74, 6) is 0.548. The number of non-ortho nitro benzene ring substituents is 1. The number of aromatic nitrogens is 4. The zero-order valence-electron chi connectivity index (χ0n) is 17.3. The quantitative estimate of drug-likeness (QED) is 0.290. The van der Waals surface area contributed by atoms with Crippen molar-refractivity contribution in [2.45, 2.75) is 18.1 Å². The molecule has 0 atom stereocenters. The number of nitro benzene ring substituents is 1. The molecule has 0 aliphatic rings. The second-order valence-corrected chi connectivity index (χ2v) is 7.94. The molecule has 11 heteroatoms. The van der Waals surface area contributed by atoms with Gasteiger partial charge in [-0.05, 0) is 45.3 Å². The van der Waals surface area contributed by atoms with Gasteiger partial charge in [-0.1, -0.05) is 17.8 Å². The fraction of sp³-hybridized carbons (Fsp3) is 0.300. The average molecular weight is 442 g/mol. The Morgan fingerprint density at radius 2 is 2.00 bits per heavy atom. The first-order chi connectivity index (χ1) is 14.9. The van der Waals surface area contributed by atoms with E-state index in [1.54, 1.807) is 18.5 Å². The lowest BCUT2D eigenvalue weighted by Gasteiger charge is -2.13. The molecule has 10 nitrogen and oxygen atoms in total. The third-order valence-corrected chi connectivity index (χ3v) is 5.28. The van der Waals surface area contributed by atoms with E-state index in [-0.39, 0.29) is 17.3 Å². The van der Waals surface area contributed by atoms with Crippen molar-refractivity contribution in [3.63, 3.8) is 0 Å². The normalized spacial score (nSPS) is 10.9. The van der Waals surface area contributed by atoms with E-state index in [0.717, 1.165) is 24.4 Å². The molecule has 1 N–H and O–H groups in total. The lowest BCUT2D eigenvalue weighted by molar-refractivity contribution is -0.384. The number of pyridine rings is 1. The van der Waals surface area contributed by atoms with Crippen LogP contribution in [0.25, 0.3) is 11.4 Å². The highest BCUT2D eigenvalue weighted by Gasteiger charge is 2.16. The minimum atomic E-state index is -0.499. The zero-order valence-corrected chi connectivity index (χ0v) is 18.1. The Kier molecular flexibility index (Phi) is 7.68. The van der Waals surface area contributed by atoms with Gasteiger partial charge in [0.1, 0.15) is 0 Å². The van der Waals surface area contributed by atoms with Gasteiger partial charge in [-0.25, -0.2) is 0 Å². The monoisotopic (exact) mass is 441 g/mol. The van der Waals surface area contributed by atoms with Gasteiger partial charge < -0.3 is 14.8 Å². The molecule has 0 bridgehead atoms. The van der Waals surface area contributed by atoms with Gasteiger partial charge in [0.05, 0.1) is 10.7 Å². The number of rotatable bonds is 10. The topological polar surface area (TPSA) is 119 Å². The van der Waals surface area contributed by atoms with Crippen LogP contribution in [0, 0.1) is 10.1 Å². The van der Waals surface area contributed by atoms with Crippen LogP contribution in [0.2, 0.25) is 0 Å².